The number of rotatable bonds is 4. The molecule has 6 heteroatoms. The van der Waals surface area contributed by atoms with E-state index < -0.39 is 5.60 Å². The van der Waals surface area contributed by atoms with Crippen molar-refractivity contribution in [1.29, 1.82) is 0 Å². The fraction of sp³-hybridized carbons (Fsp3) is 0.400. The van der Waals surface area contributed by atoms with Gasteiger partial charge >= 0.3 is 0 Å². The molecule has 2 unspecified atom stereocenters. The molecule has 26 heavy (non-hydrogen) atoms. The number of nitrogens with zero attached hydrogens (tertiary/aromatic N) is 3. The highest BCUT2D eigenvalue weighted by Gasteiger charge is 2.41. The van der Waals surface area contributed by atoms with Crippen LogP contribution in [0.4, 0.5) is 10.2 Å². The van der Waals surface area contributed by atoms with Crippen molar-refractivity contribution in [2.75, 3.05) is 31.1 Å². The van der Waals surface area contributed by atoms with Gasteiger partial charge in [-0.2, -0.15) is 0 Å². The third-order valence-electron chi connectivity index (χ3n) is 5.18. The summed E-state index contributed by atoms with van der Waals surface area (Å²) < 4.78 is 13.0. The zero-order valence-electron chi connectivity index (χ0n) is 15.1. The Kier molecular flexibility index (Phi) is 5.23. The summed E-state index contributed by atoms with van der Waals surface area (Å²) in [5.41, 5.74) is -0.544. The maximum absolute atomic E-state index is 13.0. The highest BCUT2D eigenvalue weighted by Crippen LogP contribution is 2.30. The second kappa shape index (κ2) is 7.41. The third-order valence-corrected chi connectivity index (χ3v) is 5.18. The molecular weight excluding hydrogens is 333 g/mol. The number of hydrogen-bond acceptors (Lipinski definition) is 4. The molecule has 5 nitrogen and oxygen atoms in total. The zero-order chi connectivity index (χ0) is 18.7. The maximum atomic E-state index is 13.0. The molecule has 2 heterocycles. The van der Waals surface area contributed by atoms with Crippen LogP contribution in [0.2, 0.25) is 0 Å². The SMILES string of the molecule is CC(c1ccccc1)C(C)(O)C(=O)N1CCN(c2ccc(F)cn2)CC1. The molecule has 1 N–H and O–H groups in total. The molecule has 0 aliphatic carbocycles. The van der Waals surface area contributed by atoms with Crippen LogP contribution < -0.4 is 4.90 Å². The molecule has 2 aromatic rings. The molecule has 1 amide bonds. The van der Waals surface area contributed by atoms with E-state index in [-0.39, 0.29) is 17.6 Å². The number of aliphatic hydroxyl groups is 1. The Morgan fingerprint density at radius 1 is 1.15 bits per heavy atom. The first-order valence-electron chi connectivity index (χ1n) is 8.83. The van der Waals surface area contributed by atoms with E-state index in [0.29, 0.717) is 32.0 Å². The number of piperazine rings is 1. The minimum absolute atomic E-state index is 0.263. The van der Waals surface area contributed by atoms with Crippen molar-refractivity contribution < 1.29 is 14.3 Å². The number of carbonyl (C=O) groups is 1. The lowest BCUT2D eigenvalue weighted by molar-refractivity contribution is -0.151. The van der Waals surface area contributed by atoms with Crippen LogP contribution in [0, 0.1) is 5.82 Å². The van der Waals surface area contributed by atoms with Gasteiger partial charge in [-0.15, -0.1) is 0 Å². The fourth-order valence-electron chi connectivity index (χ4n) is 3.27. The van der Waals surface area contributed by atoms with Gasteiger partial charge < -0.3 is 14.9 Å². The molecule has 3 rings (SSSR count). The van der Waals surface area contributed by atoms with Gasteiger partial charge in [-0.25, -0.2) is 9.37 Å². The molecule has 0 radical (unpaired) electrons. The number of amides is 1. The zero-order valence-corrected chi connectivity index (χ0v) is 15.1. The van der Waals surface area contributed by atoms with Gasteiger partial charge in [0.2, 0.25) is 0 Å². The van der Waals surface area contributed by atoms with Crippen LogP contribution in [-0.4, -0.2) is 52.7 Å². The lowest BCUT2D eigenvalue weighted by Gasteiger charge is -2.40. The first-order chi connectivity index (χ1) is 12.4. The molecule has 1 aromatic heterocycles. The molecule has 0 spiro atoms. The molecule has 1 saturated heterocycles. The fourth-order valence-corrected chi connectivity index (χ4v) is 3.27. The lowest BCUT2D eigenvalue weighted by atomic mass is 9.83. The summed E-state index contributed by atoms with van der Waals surface area (Å²) in [6.45, 7) is 5.64. The van der Waals surface area contributed by atoms with Crippen molar-refractivity contribution in [3.8, 4) is 0 Å². The molecule has 0 saturated carbocycles. The third kappa shape index (κ3) is 3.70. The van der Waals surface area contributed by atoms with E-state index in [1.165, 1.54) is 12.3 Å². The average Bonchev–Trinajstić information content (AvgIpc) is 2.68. The van der Waals surface area contributed by atoms with E-state index in [9.17, 15) is 14.3 Å². The first kappa shape index (κ1) is 18.3. The van der Waals surface area contributed by atoms with Gasteiger partial charge in [-0.05, 0) is 24.6 Å². The number of aromatic nitrogens is 1. The van der Waals surface area contributed by atoms with Gasteiger partial charge in [0.05, 0.1) is 6.20 Å². The van der Waals surface area contributed by atoms with Crippen molar-refractivity contribution >= 4 is 11.7 Å². The smallest absolute Gasteiger partial charge is 0.254 e. The monoisotopic (exact) mass is 357 g/mol. The Balaban J connectivity index is 1.64. The molecular formula is C20H24FN3O2. The van der Waals surface area contributed by atoms with Crippen molar-refractivity contribution in [3.63, 3.8) is 0 Å². The van der Waals surface area contributed by atoms with E-state index in [1.807, 2.05) is 42.2 Å². The van der Waals surface area contributed by atoms with E-state index in [1.54, 1.807) is 17.9 Å². The van der Waals surface area contributed by atoms with Crippen molar-refractivity contribution in [1.82, 2.24) is 9.88 Å². The molecule has 0 bridgehead atoms. The Morgan fingerprint density at radius 3 is 2.38 bits per heavy atom. The summed E-state index contributed by atoms with van der Waals surface area (Å²) in [5, 5.41) is 10.9. The van der Waals surface area contributed by atoms with Gasteiger partial charge in [0.1, 0.15) is 17.2 Å². The molecule has 1 aromatic carbocycles. The van der Waals surface area contributed by atoms with Crippen molar-refractivity contribution in [2.45, 2.75) is 25.4 Å². The highest BCUT2D eigenvalue weighted by atomic mass is 19.1. The van der Waals surface area contributed by atoms with Crippen LogP contribution in [0.25, 0.3) is 0 Å². The number of hydrogen-bond donors (Lipinski definition) is 1. The standard InChI is InChI=1S/C20H24FN3O2/c1-15(16-6-4-3-5-7-16)20(2,26)19(25)24-12-10-23(11-13-24)18-9-8-17(21)14-22-18/h3-9,14-15,26H,10-13H2,1-2H3. The second-order valence-corrected chi connectivity index (χ2v) is 6.89. The Hall–Kier alpha value is -2.47. The van der Waals surface area contributed by atoms with E-state index in [4.69, 9.17) is 0 Å². The van der Waals surface area contributed by atoms with Gasteiger partial charge in [0.15, 0.2) is 0 Å². The summed E-state index contributed by atoms with van der Waals surface area (Å²) in [7, 11) is 0. The minimum atomic E-state index is -1.47. The predicted molar refractivity (Wildman–Crippen MR) is 98.5 cm³/mol. The topological polar surface area (TPSA) is 56.7 Å². The molecule has 1 aliphatic rings. The number of carbonyl (C=O) groups excluding carboxylic acids is 1. The summed E-state index contributed by atoms with van der Waals surface area (Å²) >= 11 is 0. The van der Waals surface area contributed by atoms with Crippen LogP contribution in [-0.2, 0) is 4.79 Å². The quantitative estimate of drug-likeness (QED) is 0.913. The Labute approximate surface area is 153 Å². The van der Waals surface area contributed by atoms with Crippen LogP contribution in [0.3, 0.4) is 0 Å². The number of benzene rings is 1. The number of anilines is 1. The van der Waals surface area contributed by atoms with E-state index in [2.05, 4.69) is 4.98 Å². The van der Waals surface area contributed by atoms with E-state index >= 15 is 0 Å². The van der Waals surface area contributed by atoms with Gasteiger partial charge in [0.25, 0.3) is 5.91 Å². The summed E-state index contributed by atoms with van der Waals surface area (Å²) in [5.74, 6) is -0.245. The first-order valence-corrected chi connectivity index (χ1v) is 8.83. The summed E-state index contributed by atoms with van der Waals surface area (Å²) in [6.07, 6.45) is 1.19. The van der Waals surface area contributed by atoms with Gasteiger partial charge in [0, 0.05) is 32.1 Å². The average molecular weight is 357 g/mol. The van der Waals surface area contributed by atoms with Crippen LogP contribution >= 0.6 is 0 Å². The number of halogens is 1. The van der Waals surface area contributed by atoms with Gasteiger partial charge in [-0.3, -0.25) is 4.79 Å². The summed E-state index contributed by atoms with van der Waals surface area (Å²) in [4.78, 5) is 20.7. The van der Waals surface area contributed by atoms with Crippen LogP contribution in [0.15, 0.2) is 48.7 Å². The van der Waals surface area contributed by atoms with Crippen LogP contribution in [0.5, 0.6) is 0 Å². The summed E-state index contributed by atoms with van der Waals surface area (Å²) in [6, 6.07) is 12.6. The normalized spacial score (nSPS) is 18.3. The largest absolute Gasteiger partial charge is 0.380 e. The predicted octanol–water partition coefficient (Wildman–Crippen LogP) is 2.42. The molecule has 1 aliphatic heterocycles. The molecule has 2 atom stereocenters. The Morgan fingerprint density at radius 2 is 1.81 bits per heavy atom. The molecule has 138 valence electrons. The molecule has 1 fully saturated rings. The van der Waals surface area contributed by atoms with Crippen molar-refractivity contribution in [3.05, 3.63) is 60.0 Å². The Bertz CT molecular complexity index is 741. The minimum Gasteiger partial charge on any atom is -0.380 e. The van der Waals surface area contributed by atoms with Gasteiger partial charge in [-0.1, -0.05) is 37.3 Å². The van der Waals surface area contributed by atoms with E-state index in [0.717, 1.165) is 5.56 Å². The lowest BCUT2D eigenvalue weighted by Crippen LogP contribution is -2.56. The maximum Gasteiger partial charge on any atom is 0.254 e. The second-order valence-electron chi connectivity index (χ2n) is 6.89. The number of pyridine rings is 1. The van der Waals surface area contributed by atoms with Crippen LogP contribution in [0.1, 0.15) is 25.3 Å². The van der Waals surface area contributed by atoms with Crippen molar-refractivity contribution in [2.24, 2.45) is 0 Å². The highest BCUT2D eigenvalue weighted by molar-refractivity contribution is 5.86.